The zero-order valence-corrected chi connectivity index (χ0v) is 18.1. The van der Waals surface area contributed by atoms with Crippen LogP contribution in [0.15, 0.2) is 42.5 Å². The summed E-state index contributed by atoms with van der Waals surface area (Å²) in [7, 11) is 0. The number of hydrogen-bond donors (Lipinski definition) is 0. The van der Waals surface area contributed by atoms with Gasteiger partial charge in [0.25, 0.3) is 5.91 Å². The van der Waals surface area contributed by atoms with Gasteiger partial charge in [-0.25, -0.2) is 4.39 Å². The van der Waals surface area contributed by atoms with Crippen molar-refractivity contribution in [3.8, 4) is 5.75 Å². The standard InChI is InChI=1S/C22H25Cl2FN2O2/c1-15-12-27(16(2)11-26(15)13-17-3-6-20(25)7-4-17)22(28)14-29-21-8-5-19(24)9-18(21)10-23/h3-9,15-16H,10-14H2,1-2H3/t15-,16?/m0/s1. The predicted octanol–water partition coefficient (Wildman–Crippen LogP) is 4.72. The smallest absolute Gasteiger partial charge is 0.260 e. The average molecular weight is 439 g/mol. The Kier molecular flexibility index (Phi) is 7.38. The molecule has 156 valence electrons. The monoisotopic (exact) mass is 438 g/mol. The molecule has 0 aliphatic carbocycles. The quantitative estimate of drug-likeness (QED) is 0.611. The van der Waals surface area contributed by atoms with Crippen molar-refractivity contribution < 1.29 is 13.9 Å². The molecule has 1 fully saturated rings. The molecule has 0 N–H and O–H groups in total. The van der Waals surface area contributed by atoms with E-state index in [1.807, 2.05) is 11.8 Å². The second-order valence-corrected chi connectivity index (χ2v) is 8.18. The lowest BCUT2D eigenvalue weighted by molar-refractivity contribution is -0.139. The summed E-state index contributed by atoms with van der Waals surface area (Å²) < 4.78 is 18.9. The molecule has 1 amide bonds. The molecule has 7 heteroatoms. The summed E-state index contributed by atoms with van der Waals surface area (Å²) in [6, 6.07) is 12.0. The van der Waals surface area contributed by atoms with Gasteiger partial charge in [-0.2, -0.15) is 0 Å². The number of alkyl halides is 1. The molecule has 1 aliphatic heterocycles. The number of carbonyl (C=O) groups is 1. The summed E-state index contributed by atoms with van der Waals surface area (Å²) in [6.07, 6.45) is 0. The summed E-state index contributed by atoms with van der Waals surface area (Å²) >= 11 is 11.9. The largest absolute Gasteiger partial charge is 0.483 e. The molecule has 0 spiro atoms. The lowest BCUT2D eigenvalue weighted by Gasteiger charge is -2.44. The van der Waals surface area contributed by atoms with E-state index in [-0.39, 0.29) is 36.3 Å². The Morgan fingerprint density at radius 2 is 1.86 bits per heavy atom. The van der Waals surface area contributed by atoms with Gasteiger partial charge in [0.2, 0.25) is 0 Å². The van der Waals surface area contributed by atoms with E-state index in [1.165, 1.54) is 12.1 Å². The number of piperazine rings is 1. The maximum atomic E-state index is 13.1. The molecule has 0 saturated carbocycles. The first kappa shape index (κ1) is 21.9. The highest BCUT2D eigenvalue weighted by molar-refractivity contribution is 6.30. The molecule has 1 aliphatic rings. The van der Waals surface area contributed by atoms with Crippen LogP contribution in [0, 0.1) is 5.82 Å². The maximum absolute atomic E-state index is 13.1. The highest BCUT2D eigenvalue weighted by Crippen LogP contribution is 2.25. The number of benzene rings is 2. The molecule has 2 aromatic carbocycles. The normalized spacial score (nSPS) is 20.0. The van der Waals surface area contributed by atoms with Crippen molar-refractivity contribution in [3.05, 3.63) is 64.4 Å². The lowest BCUT2D eigenvalue weighted by atomic mass is 10.1. The van der Waals surface area contributed by atoms with E-state index in [1.54, 1.807) is 30.3 Å². The third-order valence-corrected chi connectivity index (χ3v) is 5.78. The Bertz CT molecular complexity index is 847. The van der Waals surface area contributed by atoms with E-state index >= 15 is 0 Å². The van der Waals surface area contributed by atoms with Crippen molar-refractivity contribution in [1.29, 1.82) is 0 Å². The lowest BCUT2D eigenvalue weighted by Crippen LogP contribution is -2.58. The van der Waals surface area contributed by atoms with E-state index in [0.717, 1.165) is 24.2 Å². The van der Waals surface area contributed by atoms with Gasteiger partial charge >= 0.3 is 0 Å². The number of ether oxygens (including phenoxy) is 1. The summed E-state index contributed by atoms with van der Waals surface area (Å²) in [5.74, 6) is 0.554. The Morgan fingerprint density at radius 3 is 2.55 bits per heavy atom. The molecule has 2 atom stereocenters. The van der Waals surface area contributed by atoms with Crippen LogP contribution in [0.25, 0.3) is 0 Å². The molecule has 1 unspecified atom stereocenters. The van der Waals surface area contributed by atoms with Gasteiger partial charge in [0.05, 0.1) is 5.88 Å². The van der Waals surface area contributed by atoms with Crippen molar-refractivity contribution in [2.24, 2.45) is 0 Å². The number of rotatable bonds is 6. The summed E-state index contributed by atoms with van der Waals surface area (Å²) in [4.78, 5) is 17.0. The van der Waals surface area contributed by atoms with Crippen LogP contribution in [0.2, 0.25) is 5.02 Å². The number of halogens is 3. The predicted molar refractivity (Wildman–Crippen MR) is 114 cm³/mol. The maximum Gasteiger partial charge on any atom is 0.260 e. The Labute approximate surface area is 181 Å². The Morgan fingerprint density at radius 1 is 1.14 bits per heavy atom. The van der Waals surface area contributed by atoms with Crippen LogP contribution in [-0.4, -0.2) is 47.5 Å². The van der Waals surface area contributed by atoms with E-state index < -0.39 is 0 Å². The SMILES string of the molecule is CC1CN(Cc2ccc(F)cc2)[C@@H](C)CN1C(=O)COc1ccc(Cl)cc1CCl. The molecule has 3 rings (SSSR count). The van der Waals surface area contributed by atoms with Crippen molar-refractivity contribution in [1.82, 2.24) is 9.80 Å². The molecule has 1 heterocycles. The number of hydrogen-bond acceptors (Lipinski definition) is 3. The van der Waals surface area contributed by atoms with Crippen molar-refractivity contribution in [2.75, 3.05) is 19.7 Å². The first-order valence-electron chi connectivity index (χ1n) is 9.62. The fourth-order valence-corrected chi connectivity index (χ4v) is 4.01. The van der Waals surface area contributed by atoms with E-state index in [4.69, 9.17) is 27.9 Å². The van der Waals surface area contributed by atoms with Gasteiger partial charge < -0.3 is 9.64 Å². The molecular formula is C22H25Cl2FN2O2. The van der Waals surface area contributed by atoms with Crippen molar-refractivity contribution in [2.45, 2.75) is 38.4 Å². The molecular weight excluding hydrogens is 414 g/mol. The molecule has 0 bridgehead atoms. The van der Waals surface area contributed by atoms with Gasteiger partial charge in [0, 0.05) is 42.3 Å². The van der Waals surface area contributed by atoms with Gasteiger partial charge in [-0.1, -0.05) is 23.7 Å². The van der Waals surface area contributed by atoms with E-state index in [9.17, 15) is 9.18 Å². The Balaban J connectivity index is 1.58. The second-order valence-electron chi connectivity index (χ2n) is 7.47. The minimum atomic E-state index is -0.233. The van der Waals surface area contributed by atoms with Crippen LogP contribution in [0.5, 0.6) is 5.75 Å². The van der Waals surface area contributed by atoms with Crippen LogP contribution < -0.4 is 4.74 Å². The van der Waals surface area contributed by atoms with E-state index in [2.05, 4.69) is 11.8 Å². The first-order valence-corrected chi connectivity index (χ1v) is 10.5. The Hall–Kier alpha value is -1.82. The molecule has 0 radical (unpaired) electrons. The topological polar surface area (TPSA) is 32.8 Å². The van der Waals surface area contributed by atoms with Gasteiger partial charge in [0.1, 0.15) is 11.6 Å². The third-order valence-electron chi connectivity index (χ3n) is 5.25. The zero-order valence-electron chi connectivity index (χ0n) is 16.6. The minimum absolute atomic E-state index is 0.0411. The van der Waals surface area contributed by atoms with Crippen LogP contribution in [0.4, 0.5) is 4.39 Å². The van der Waals surface area contributed by atoms with E-state index in [0.29, 0.717) is 17.3 Å². The summed E-state index contributed by atoms with van der Waals surface area (Å²) in [5.41, 5.74) is 1.82. The van der Waals surface area contributed by atoms with Crippen molar-refractivity contribution >= 4 is 29.1 Å². The highest BCUT2D eigenvalue weighted by Gasteiger charge is 2.32. The molecule has 2 aromatic rings. The van der Waals surface area contributed by atoms with Crippen molar-refractivity contribution in [3.63, 3.8) is 0 Å². The van der Waals surface area contributed by atoms with Gasteiger partial charge in [-0.15, -0.1) is 11.6 Å². The zero-order chi connectivity index (χ0) is 21.0. The molecule has 4 nitrogen and oxygen atoms in total. The number of amides is 1. The second kappa shape index (κ2) is 9.79. The highest BCUT2D eigenvalue weighted by atomic mass is 35.5. The van der Waals surface area contributed by atoms with Crippen LogP contribution >= 0.6 is 23.2 Å². The summed E-state index contributed by atoms with van der Waals surface area (Å²) in [6.45, 7) is 6.19. The van der Waals surface area contributed by atoms with Crippen LogP contribution in [0.1, 0.15) is 25.0 Å². The summed E-state index contributed by atoms with van der Waals surface area (Å²) in [5, 5.41) is 0.582. The number of carbonyl (C=O) groups excluding carboxylic acids is 1. The minimum Gasteiger partial charge on any atom is -0.483 e. The van der Waals surface area contributed by atoms with Crippen LogP contribution in [-0.2, 0) is 17.2 Å². The first-order chi connectivity index (χ1) is 13.9. The van der Waals surface area contributed by atoms with Gasteiger partial charge in [-0.3, -0.25) is 9.69 Å². The third kappa shape index (κ3) is 5.62. The average Bonchev–Trinajstić information content (AvgIpc) is 2.70. The fraction of sp³-hybridized carbons (Fsp3) is 0.409. The van der Waals surface area contributed by atoms with Crippen LogP contribution in [0.3, 0.4) is 0 Å². The molecule has 0 aromatic heterocycles. The molecule has 29 heavy (non-hydrogen) atoms. The fourth-order valence-electron chi connectivity index (χ4n) is 3.61. The number of nitrogens with zero attached hydrogens (tertiary/aromatic N) is 2. The van der Waals surface area contributed by atoms with Gasteiger partial charge in [0.15, 0.2) is 6.61 Å². The molecule has 1 saturated heterocycles. The van der Waals surface area contributed by atoms with Gasteiger partial charge in [-0.05, 0) is 49.7 Å².